The van der Waals surface area contributed by atoms with E-state index in [9.17, 15) is 0 Å². The lowest BCUT2D eigenvalue weighted by Gasteiger charge is -2.30. The van der Waals surface area contributed by atoms with Crippen molar-refractivity contribution in [2.24, 2.45) is 4.99 Å². The predicted octanol–water partition coefficient (Wildman–Crippen LogP) is 3.08. The van der Waals surface area contributed by atoms with Crippen molar-refractivity contribution < 1.29 is 0 Å². The first-order valence-electron chi connectivity index (χ1n) is 7.79. The Morgan fingerprint density at radius 3 is 2.92 bits per heavy atom. The van der Waals surface area contributed by atoms with Gasteiger partial charge in [0, 0.05) is 29.2 Å². The summed E-state index contributed by atoms with van der Waals surface area (Å²) in [7, 11) is 0. The smallest absolute Gasteiger partial charge is 0.175 e. The van der Waals surface area contributed by atoms with E-state index in [2.05, 4.69) is 54.2 Å². The van der Waals surface area contributed by atoms with Gasteiger partial charge in [0.2, 0.25) is 0 Å². The van der Waals surface area contributed by atoms with Gasteiger partial charge in [0.05, 0.1) is 17.2 Å². The van der Waals surface area contributed by atoms with Crippen molar-refractivity contribution in [1.82, 2.24) is 25.6 Å². The molecule has 0 saturated carbocycles. The predicted molar refractivity (Wildman–Crippen MR) is 95.2 cm³/mol. The fourth-order valence-electron chi connectivity index (χ4n) is 2.78. The van der Waals surface area contributed by atoms with Gasteiger partial charge in [-0.15, -0.1) is 11.3 Å². The second-order valence-corrected chi connectivity index (χ2v) is 6.91. The van der Waals surface area contributed by atoms with Crippen molar-refractivity contribution in [3.8, 4) is 0 Å². The molecule has 2 N–H and O–H groups in total. The summed E-state index contributed by atoms with van der Waals surface area (Å²) in [5.41, 5.74) is 7.84. The molecule has 0 atom stereocenters. The minimum Gasteiger partial charge on any atom is -0.302 e. The number of H-pyrrole nitrogens is 1. The van der Waals surface area contributed by atoms with Crippen molar-refractivity contribution in [3.05, 3.63) is 63.2 Å². The first-order chi connectivity index (χ1) is 11.7. The third-order valence-corrected chi connectivity index (χ3v) is 4.66. The molecule has 2 aromatic heterocycles. The number of amidine groups is 1. The summed E-state index contributed by atoms with van der Waals surface area (Å²) in [6, 6.07) is 10.3. The molecular formula is C17H18N6S. The molecule has 0 aliphatic carbocycles. The molecule has 3 heterocycles. The minimum atomic E-state index is 0.677. The fourth-order valence-corrected chi connectivity index (χ4v) is 3.38. The van der Waals surface area contributed by atoms with Gasteiger partial charge in [-0.3, -0.25) is 5.10 Å². The van der Waals surface area contributed by atoms with Gasteiger partial charge in [0.15, 0.2) is 11.7 Å². The Balaban J connectivity index is 1.66. The number of benzene rings is 1. The van der Waals surface area contributed by atoms with E-state index in [1.807, 2.05) is 26.0 Å². The molecule has 0 unspecified atom stereocenters. The number of nitrogens with one attached hydrogen (secondary N) is 2. The van der Waals surface area contributed by atoms with E-state index >= 15 is 0 Å². The largest absolute Gasteiger partial charge is 0.302 e. The van der Waals surface area contributed by atoms with Gasteiger partial charge in [-0.1, -0.05) is 24.3 Å². The molecule has 122 valence electrons. The lowest BCUT2D eigenvalue weighted by molar-refractivity contribution is 0.207. The van der Waals surface area contributed by atoms with Crippen LogP contribution in [0, 0.1) is 13.8 Å². The summed E-state index contributed by atoms with van der Waals surface area (Å²) < 4.78 is 0. The summed E-state index contributed by atoms with van der Waals surface area (Å²) in [6.45, 7) is 5.54. The number of thiazole rings is 1. The average Bonchev–Trinajstić information content (AvgIpc) is 3.16. The average molecular weight is 338 g/mol. The third-order valence-electron chi connectivity index (χ3n) is 3.84. The van der Waals surface area contributed by atoms with Gasteiger partial charge in [0.25, 0.3) is 0 Å². The highest BCUT2D eigenvalue weighted by molar-refractivity contribution is 7.09. The van der Waals surface area contributed by atoms with Gasteiger partial charge in [-0.2, -0.15) is 5.10 Å². The van der Waals surface area contributed by atoms with Crippen LogP contribution in [0.4, 0.5) is 5.82 Å². The number of hydrogen-bond acceptors (Lipinski definition) is 5. The molecule has 4 rings (SSSR count). The quantitative estimate of drug-likeness (QED) is 0.770. The van der Waals surface area contributed by atoms with Crippen LogP contribution in [0.2, 0.25) is 0 Å². The van der Waals surface area contributed by atoms with E-state index in [0.717, 1.165) is 40.9 Å². The number of hydrogen-bond donors (Lipinski definition) is 2. The molecule has 3 aromatic rings. The van der Waals surface area contributed by atoms with Crippen LogP contribution in [0.15, 0.2) is 40.7 Å². The number of aromatic nitrogens is 3. The Bertz CT molecular complexity index is 894. The van der Waals surface area contributed by atoms with E-state index in [1.165, 1.54) is 5.56 Å². The molecule has 0 bridgehead atoms. The fraction of sp³-hybridized carbons (Fsp3) is 0.235. The maximum Gasteiger partial charge on any atom is 0.175 e. The summed E-state index contributed by atoms with van der Waals surface area (Å²) >= 11 is 1.67. The summed E-state index contributed by atoms with van der Waals surface area (Å²) in [4.78, 5) is 9.23. The molecule has 6 nitrogen and oxygen atoms in total. The van der Waals surface area contributed by atoms with Crippen molar-refractivity contribution in [1.29, 1.82) is 0 Å². The molecule has 1 aromatic carbocycles. The maximum absolute atomic E-state index is 4.68. The van der Waals surface area contributed by atoms with Gasteiger partial charge < -0.3 is 5.43 Å². The third kappa shape index (κ3) is 3.08. The molecule has 0 radical (unpaired) electrons. The zero-order valence-corrected chi connectivity index (χ0v) is 14.4. The first-order valence-corrected chi connectivity index (χ1v) is 8.67. The number of nitrogens with zero attached hydrogens (tertiary/aromatic N) is 4. The highest BCUT2D eigenvalue weighted by Crippen LogP contribution is 2.21. The van der Waals surface area contributed by atoms with Gasteiger partial charge in [-0.05, 0) is 19.4 Å². The Kier molecular flexibility index (Phi) is 3.87. The number of aryl methyl sites for hydroxylation is 2. The highest BCUT2D eigenvalue weighted by atomic mass is 32.1. The van der Waals surface area contributed by atoms with E-state index in [-0.39, 0.29) is 0 Å². The molecule has 0 saturated heterocycles. The van der Waals surface area contributed by atoms with E-state index in [0.29, 0.717) is 5.82 Å². The van der Waals surface area contributed by atoms with Crippen LogP contribution in [-0.2, 0) is 13.1 Å². The van der Waals surface area contributed by atoms with Crippen LogP contribution in [0.25, 0.3) is 0 Å². The molecule has 0 amide bonds. The van der Waals surface area contributed by atoms with E-state index in [1.54, 1.807) is 11.3 Å². The van der Waals surface area contributed by atoms with Crippen molar-refractivity contribution in [3.63, 3.8) is 0 Å². The Labute approximate surface area is 144 Å². The van der Waals surface area contributed by atoms with Gasteiger partial charge in [-0.25, -0.2) is 15.0 Å². The summed E-state index contributed by atoms with van der Waals surface area (Å²) in [6.07, 6.45) is 0. The standard InChI is InChI=1S/C17H18N6S/c1-11-7-16(21-20-11)19-17-15-6-4-3-5-13(15)8-23(22-17)9-14-10-24-12(2)18-14/h3-7,10H,8-9H2,1-2H3,(H2,19,20,21,22). The zero-order chi connectivity index (χ0) is 16.5. The first kappa shape index (κ1) is 15.0. The number of rotatable bonds is 3. The highest BCUT2D eigenvalue weighted by Gasteiger charge is 2.21. The molecule has 7 heteroatoms. The van der Waals surface area contributed by atoms with Gasteiger partial charge >= 0.3 is 0 Å². The Morgan fingerprint density at radius 2 is 2.17 bits per heavy atom. The van der Waals surface area contributed by atoms with Crippen molar-refractivity contribution >= 4 is 23.0 Å². The lowest BCUT2D eigenvalue weighted by atomic mass is 10.0. The van der Waals surface area contributed by atoms with Crippen LogP contribution in [0.3, 0.4) is 0 Å². The van der Waals surface area contributed by atoms with Crippen LogP contribution >= 0.6 is 11.3 Å². The normalized spacial score (nSPS) is 16.2. The number of aromatic amines is 1. The number of hydrazine groups is 1. The lowest BCUT2D eigenvalue weighted by Crippen LogP contribution is -2.46. The van der Waals surface area contributed by atoms with E-state index in [4.69, 9.17) is 0 Å². The second-order valence-electron chi connectivity index (χ2n) is 5.85. The van der Waals surface area contributed by atoms with Crippen LogP contribution in [0.1, 0.15) is 27.5 Å². The van der Waals surface area contributed by atoms with Crippen LogP contribution in [-0.4, -0.2) is 26.0 Å². The monoisotopic (exact) mass is 338 g/mol. The maximum atomic E-state index is 4.68. The molecule has 0 fully saturated rings. The van der Waals surface area contributed by atoms with Crippen LogP contribution < -0.4 is 5.43 Å². The molecule has 1 aliphatic rings. The Hall–Kier alpha value is -2.51. The SMILES string of the molecule is Cc1cc(N=C2NN(Cc3csc(C)n3)Cc3ccccc32)n[nH]1. The molecule has 0 spiro atoms. The minimum absolute atomic E-state index is 0.677. The van der Waals surface area contributed by atoms with Crippen molar-refractivity contribution in [2.75, 3.05) is 0 Å². The summed E-state index contributed by atoms with van der Waals surface area (Å²) in [5.74, 6) is 1.49. The molecular weight excluding hydrogens is 320 g/mol. The zero-order valence-electron chi connectivity index (χ0n) is 13.6. The second kappa shape index (κ2) is 6.18. The summed E-state index contributed by atoms with van der Waals surface area (Å²) in [5, 5.41) is 12.5. The number of aliphatic imine (C=N–C) groups is 1. The number of fused-ring (bicyclic) bond motifs is 1. The van der Waals surface area contributed by atoms with Crippen molar-refractivity contribution in [2.45, 2.75) is 26.9 Å². The molecule has 1 aliphatic heterocycles. The molecule has 24 heavy (non-hydrogen) atoms. The van der Waals surface area contributed by atoms with Gasteiger partial charge in [0.1, 0.15) is 0 Å². The topological polar surface area (TPSA) is 69.2 Å². The van der Waals surface area contributed by atoms with E-state index < -0.39 is 0 Å². The Morgan fingerprint density at radius 1 is 1.29 bits per heavy atom. The van der Waals surface area contributed by atoms with Crippen LogP contribution in [0.5, 0.6) is 0 Å².